The summed E-state index contributed by atoms with van der Waals surface area (Å²) in [6.45, 7) is 13.1. The third-order valence-electron chi connectivity index (χ3n) is 5.59. The van der Waals surface area contributed by atoms with E-state index >= 15 is 0 Å². The predicted molar refractivity (Wildman–Crippen MR) is 141 cm³/mol. The minimum atomic E-state index is -1.04. The SMILES string of the molecule is CC(C)Cc1ccc(NC(=O)[C@H](C)NC(=O)C(NC(=O)N2C(=O)CC(SC(C)C)C2=O)C(C)C)cc1. The van der Waals surface area contributed by atoms with Crippen molar-refractivity contribution in [1.82, 2.24) is 15.5 Å². The maximum Gasteiger partial charge on any atom is 0.331 e. The molecule has 1 fully saturated rings. The van der Waals surface area contributed by atoms with Crippen LogP contribution in [0.25, 0.3) is 0 Å². The Bertz CT molecular complexity index is 977. The molecule has 9 nitrogen and oxygen atoms in total. The molecule has 2 rings (SSSR count). The summed E-state index contributed by atoms with van der Waals surface area (Å²) in [6, 6.07) is 4.69. The average Bonchev–Trinajstić information content (AvgIpc) is 3.04. The third-order valence-corrected chi connectivity index (χ3v) is 6.83. The van der Waals surface area contributed by atoms with Gasteiger partial charge in [-0.15, -0.1) is 11.8 Å². The molecule has 36 heavy (non-hydrogen) atoms. The van der Waals surface area contributed by atoms with Crippen LogP contribution in [-0.4, -0.2) is 57.1 Å². The Labute approximate surface area is 217 Å². The maximum atomic E-state index is 12.9. The number of rotatable bonds is 10. The monoisotopic (exact) mass is 518 g/mol. The molecule has 198 valence electrons. The Kier molecular flexibility index (Phi) is 10.5. The van der Waals surface area contributed by atoms with E-state index in [1.54, 1.807) is 20.8 Å². The van der Waals surface area contributed by atoms with Gasteiger partial charge in [-0.05, 0) is 48.1 Å². The number of imide groups is 3. The van der Waals surface area contributed by atoms with Crippen LogP contribution in [0.5, 0.6) is 0 Å². The normalized spacial score (nSPS) is 17.5. The molecule has 1 aromatic carbocycles. The summed E-state index contributed by atoms with van der Waals surface area (Å²) in [5.74, 6) is -1.99. The van der Waals surface area contributed by atoms with Crippen molar-refractivity contribution in [2.24, 2.45) is 11.8 Å². The Balaban J connectivity index is 1.98. The molecule has 0 radical (unpaired) electrons. The number of benzene rings is 1. The van der Waals surface area contributed by atoms with Crippen LogP contribution in [-0.2, 0) is 25.6 Å². The van der Waals surface area contributed by atoms with Crippen molar-refractivity contribution in [3.05, 3.63) is 29.8 Å². The van der Waals surface area contributed by atoms with Crippen molar-refractivity contribution >= 4 is 47.1 Å². The van der Waals surface area contributed by atoms with Gasteiger partial charge in [0.2, 0.25) is 17.7 Å². The predicted octanol–water partition coefficient (Wildman–Crippen LogP) is 3.33. The number of likely N-dealkylation sites (tertiary alicyclic amines) is 1. The van der Waals surface area contributed by atoms with Crippen LogP contribution in [0.3, 0.4) is 0 Å². The van der Waals surface area contributed by atoms with Crippen LogP contribution in [0, 0.1) is 11.8 Å². The summed E-state index contributed by atoms with van der Waals surface area (Å²) < 4.78 is 0. The lowest BCUT2D eigenvalue weighted by Crippen LogP contribution is -2.57. The highest BCUT2D eigenvalue weighted by molar-refractivity contribution is 8.01. The molecule has 1 heterocycles. The van der Waals surface area contributed by atoms with E-state index in [1.807, 2.05) is 38.1 Å². The van der Waals surface area contributed by atoms with E-state index < -0.39 is 47.0 Å². The number of hydrogen-bond donors (Lipinski definition) is 3. The van der Waals surface area contributed by atoms with E-state index in [0.717, 1.165) is 6.42 Å². The number of carbonyl (C=O) groups is 5. The number of carbonyl (C=O) groups excluding carboxylic acids is 5. The maximum absolute atomic E-state index is 12.9. The van der Waals surface area contributed by atoms with Crippen LogP contribution < -0.4 is 16.0 Å². The van der Waals surface area contributed by atoms with Gasteiger partial charge in [0.15, 0.2) is 0 Å². The largest absolute Gasteiger partial charge is 0.343 e. The lowest BCUT2D eigenvalue weighted by atomic mass is 10.0. The first-order valence-corrected chi connectivity index (χ1v) is 13.3. The molecule has 0 aliphatic carbocycles. The van der Waals surface area contributed by atoms with E-state index in [9.17, 15) is 24.0 Å². The molecule has 0 saturated carbocycles. The van der Waals surface area contributed by atoms with Crippen LogP contribution in [0.1, 0.15) is 60.5 Å². The summed E-state index contributed by atoms with van der Waals surface area (Å²) in [5, 5.41) is 7.39. The number of hydrogen-bond acceptors (Lipinski definition) is 6. The van der Waals surface area contributed by atoms with E-state index in [4.69, 9.17) is 0 Å². The molecule has 10 heteroatoms. The summed E-state index contributed by atoms with van der Waals surface area (Å²) >= 11 is 1.33. The van der Waals surface area contributed by atoms with Crippen LogP contribution in [0.4, 0.5) is 10.5 Å². The lowest BCUT2D eigenvalue weighted by Gasteiger charge is -2.25. The zero-order valence-electron chi connectivity index (χ0n) is 22.1. The van der Waals surface area contributed by atoms with Gasteiger partial charge in [-0.3, -0.25) is 19.2 Å². The van der Waals surface area contributed by atoms with Crippen LogP contribution >= 0.6 is 11.8 Å². The standard InChI is InChI=1S/C26H38N4O5S/c1-14(2)12-18-8-10-19(11-9-18)28-23(32)17(7)27-24(33)22(15(3)4)29-26(35)30-21(31)13-20(25(30)34)36-16(5)6/h8-11,14-17,20,22H,12-13H2,1-7H3,(H,27,33)(H,28,32)(H,29,35)/t17-,20?,22?/m0/s1. The van der Waals surface area contributed by atoms with Gasteiger partial charge in [0, 0.05) is 12.1 Å². The fraction of sp³-hybridized carbons (Fsp3) is 0.577. The Morgan fingerprint density at radius 1 is 0.944 bits per heavy atom. The second-order valence-corrected chi connectivity index (χ2v) is 11.9. The zero-order chi connectivity index (χ0) is 27.2. The van der Waals surface area contributed by atoms with Crippen molar-refractivity contribution in [2.75, 3.05) is 5.32 Å². The number of thioether (sulfide) groups is 1. The van der Waals surface area contributed by atoms with E-state index in [-0.39, 0.29) is 17.6 Å². The fourth-order valence-corrected chi connectivity index (χ4v) is 4.92. The summed E-state index contributed by atoms with van der Waals surface area (Å²) in [5.41, 5.74) is 1.78. The molecule has 1 aliphatic heterocycles. The molecule has 2 unspecified atom stereocenters. The van der Waals surface area contributed by atoms with E-state index in [1.165, 1.54) is 17.3 Å². The topological polar surface area (TPSA) is 125 Å². The number of nitrogens with zero attached hydrogens (tertiary/aromatic N) is 1. The van der Waals surface area contributed by atoms with Gasteiger partial charge in [0.1, 0.15) is 12.1 Å². The summed E-state index contributed by atoms with van der Waals surface area (Å²) in [7, 11) is 0. The van der Waals surface area contributed by atoms with Crippen LogP contribution in [0.15, 0.2) is 24.3 Å². The molecule has 1 aliphatic rings. The highest BCUT2D eigenvalue weighted by Gasteiger charge is 2.44. The van der Waals surface area contributed by atoms with E-state index in [2.05, 4.69) is 29.8 Å². The van der Waals surface area contributed by atoms with Crippen molar-refractivity contribution in [2.45, 2.75) is 83.9 Å². The van der Waals surface area contributed by atoms with Gasteiger partial charge in [-0.2, -0.15) is 4.90 Å². The van der Waals surface area contributed by atoms with Crippen molar-refractivity contribution in [1.29, 1.82) is 0 Å². The molecule has 0 aromatic heterocycles. The summed E-state index contributed by atoms with van der Waals surface area (Å²) in [6.07, 6.45) is 0.887. The minimum absolute atomic E-state index is 0.0523. The average molecular weight is 519 g/mol. The third kappa shape index (κ3) is 8.08. The number of anilines is 1. The fourth-order valence-electron chi connectivity index (χ4n) is 3.80. The molecule has 6 amide bonds. The van der Waals surface area contributed by atoms with Gasteiger partial charge in [0.05, 0.1) is 5.25 Å². The second-order valence-electron chi connectivity index (χ2n) is 10.1. The summed E-state index contributed by atoms with van der Waals surface area (Å²) in [4.78, 5) is 63.8. The minimum Gasteiger partial charge on any atom is -0.343 e. The van der Waals surface area contributed by atoms with Gasteiger partial charge in [-0.25, -0.2) is 4.79 Å². The highest BCUT2D eigenvalue weighted by Crippen LogP contribution is 2.28. The molecule has 3 atom stereocenters. The first kappa shape index (κ1) is 29.4. The van der Waals surface area contributed by atoms with Gasteiger partial charge in [-0.1, -0.05) is 53.7 Å². The molecular weight excluding hydrogens is 480 g/mol. The Morgan fingerprint density at radius 3 is 2.08 bits per heavy atom. The smallest absolute Gasteiger partial charge is 0.331 e. The lowest BCUT2D eigenvalue weighted by molar-refractivity contribution is -0.135. The highest BCUT2D eigenvalue weighted by atomic mass is 32.2. The van der Waals surface area contributed by atoms with E-state index in [0.29, 0.717) is 16.5 Å². The van der Waals surface area contributed by atoms with Gasteiger partial charge >= 0.3 is 6.03 Å². The van der Waals surface area contributed by atoms with Gasteiger partial charge in [0.25, 0.3) is 5.91 Å². The van der Waals surface area contributed by atoms with Crippen molar-refractivity contribution in [3.8, 4) is 0 Å². The van der Waals surface area contributed by atoms with Crippen molar-refractivity contribution < 1.29 is 24.0 Å². The first-order chi connectivity index (χ1) is 16.8. The number of amides is 6. The van der Waals surface area contributed by atoms with Gasteiger partial charge < -0.3 is 16.0 Å². The molecule has 1 saturated heterocycles. The quantitative estimate of drug-likeness (QED) is 0.408. The Hall–Kier alpha value is -2.88. The molecule has 3 N–H and O–H groups in total. The Morgan fingerprint density at radius 2 is 1.56 bits per heavy atom. The number of urea groups is 1. The first-order valence-electron chi connectivity index (χ1n) is 12.3. The zero-order valence-corrected chi connectivity index (χ0v) is 22.9. The molecule has 0 bridgehead atoms. The number of nitrogens with one attached hydrogen (secondary N) is 3. The second kappa shape index (κ2) is 12.9. The van der Waals surface area contributed by atoms with Crippen LogP contribution in [0.2, 0.25) is 0 Å². The molecule has 0 spiro atoms. The molecular formula is C26H38N4O5S. The molecule has 1 aromatic rings. The van der Waals surface area contributed by atoms with Crippen molar-refractivity contribution in [3.63, 3.8) is 0 Å².